The van der Waals surface area contributed by atoms with Gasteiger partial charge in [0.15, 0.2) is 0 Å². The number of aliphatic hydroxyl groups is 1. The van der Waals surface area contributed by atoms with Gasteiger partial charge in [-0.2, -0.15) is 0 Å². The van der Waals surface area contributed by atoms with Crippen LogP contribution in [0.2, 0.25) is 0 Å². The van der Waals surface area contributed by atoms with Gasteiger partial charge in [-0.1, -0.05) is 0 Å². The Labute approximate surface area is 69.6 Å². The summed E-state index contributed by atoms with van der Waals surface area (Å²) in [5.41, 5.74) is 0. The van der Waals surface area contributed by atoms with E-state index in [-0.39, 0.29) is 32.5 Å². The number of aliphatic hydroxyl groups excluding tert-OH is 1. The summed E-state index contributed by atoms with van der Waals surface area (Å²) >= 11 is 0.300. The standard InChI is InChI=1S/C2H6O.In.O.Sn.3H/c1-2-3;;;;;;/h3H,2H2,1H3;;;;;;. The van der Waals surface area contributed by atoms with E-state index in [0.717, 1.165) is 0 Å². The average molecular weight is 299 g/mol. The van der Waals surface area contributed by atoms with E-state index in [1.54, 1.807) is 6.92 Å². The van der Waals surface area contributed by atoms with Crippen LogP contribution < -0.4 is 0 Å². The molecule has 0 atom stereocenters. The molecule has 0 heterocycles. The van der Waals surface area contributed by atoms with Crippen LogP contribution in [0, 0.1) is 0 Å². The van der Waals surface area contributed by atoms with E-state index in [0.29, 0.717) is 22.5 Å². The van der Waals surface area contributed by atoms with Crippen molar-refractivity contribution >= 4 is 48.4 Å². The van der Waals surface area contributed by atoms with Crippen LogP contribution in [0.15, 0.2) is 0 Å². The van der Waals surface area contributed by atoms with Crippen LogP contribution in [0.3, 0.4) is 0 Å². The van der Waals surface area contributed by atoms with Gasteiger partial charge < -0.3 is 5.11 Å². The molecule has 1 N–H and O–H groups in total. The van der Waals surface area contributed by atoms with Crippen LogP contribution in [0.1, 0.15) is 6.92 Å². The minimum absolute atomic E-state index is 0. The maximum atomic E-state index is 8.34. The summed E-state index contributed by atoms with van der Waals surface area (Å²) in [6, 6.07) is 0. The molecule has 36 valence electrons. The van der Waals surface area contributed by atoms with Gasteiger partial charge in [-0.15, -0.1) is 0 Å². The third-order valence-electron chi connectivity index (χ3n) is 0. The Morgan fingerprint density at radius 1 is 1.67 bits per heavy atom. The molecule has 6 heavy (non-hydrogen) atoms. The predicted octanol–water partition coefficient (Wildman–Crippen LogP) is -1.68. The first-order chi connectivity index (χ1) is 2.41. The third-order valence-corrected chi connectivity index (χ3v) is 0. The van der Waals surface area contributed by atoms with E-state index in [4.69, 9.17) is 8.18 Å². The van der Waals surface area contributed by atoms with Gasteiger partial charge in [0.25, 0.3) is 0 Å². The second-order valence-electron chi connectivity index (χ2n) is 0.316. The molecule has 0 aliphatic carbocycles. The van der Waals surface area contributed by atoms with E-state index in [2.05, 4.69) is 0 Å². The molecule has 0 fully saturated rings. The van der Waals surface area contributed by atoms with Gasteiger partial charge in [0.1, 0.15) is 0 Å². The molecule has 0 rings (SSSR count). The molecule has 0 spiro atoms. The molecule has 0 aromatic rings. The number of hydrogen-bond acceptors (Lipinski definition) is 2. The third kappa shape index (κ3) is 52.2. The van der Waals surface area contributed by atoms with E-state index >= 15 is 0 Å². The molecule has 2 radical (unpaired) electrons. The molecule has 0 amide bonds. The Balaban J connectivity index is -0.0000000275. The molecule has 0 unspecified atom stereocenters. The van der Waals surface area contributed by atoms with Gasteiger partial charge in [-0.25, -0.2) is 0 Å². The van der Waals surface area contributed by atoms with Crippen molar-refractivity contribution in [3.05, 3.63) is 0 Å². The second kappa shape index (κ2) is 32.1. The second-order valence-corrected chi connectivity index (χ2v) is 0.316. The molecule has 0 aromatic heterocycles. The topological polar surface area (TPSA) is 37.3 Å². The van der Waals surface area contributed by atoms with Crippen LogP contribution in [0.5, 0.6) is 0 Å². The van der Waals surface area contributed by atoms with Crippen LogP contribution in [-0.2, 0) is 3.08 Å². The fourth-order valence-electron chi connectivity index (χ4n) is 0. The van der Waals surface area contributed by atoms with Gasteiger partial charge in [0, 0.05) is 6.61 Å². The Kier molecular flexibility index (Phi) is 83.8. The fourth-order valence-corrected chi connectivity index (χ4v) is 0. The van der Waals surface area contributed by atoms with Crippen molar-refractivity contribution in [2.24, 2.45) is 0 Å². The Bertz CT molecular complexity index is 15.5. The Hall–Kier alpha value is 1.43. The van der Waals surface area contributed by atoms with E-state index in [9.17, 15) is 0 Å². The molecule has 4 heteroatoms. The van der Waals surface area contributed by atoms with Gasteiger partial charge in [0.2, 0.25) is 0 Å². The summed E-state index contributed by atoms with van der Waals surface area (Å²) < 4.78 is 8.34. The first-order valence-corrected chi connectivity index (χ1v) is 2.39. The van der Waals surface area contributed by atoms with Crippen LogP contribution in [0.25, 0.3) is 0 Å². The van der Waals surface area contributed by atoms with Crippen molar-refractivity contribution in [3.8, 4) is 0 Å². The summed E-state index contributed by atoms with van der Waals surface area (Å²) in [6.07, 6.45) is 0. The molecule has 0 aromatic carbocycles. The summed E-state index contributed by atoms with van der Waals surface area (Å²) in [7, 11) is 0. The van der Waals surface area contributed by atoms with Gasteiger partial charge in [0.05, 0.1) is 0 Å². The average Bonchev–Trinajstić information content (AvgIpc) is 1.46. The molecular weight excluding hydrogens is 290 g/mol. The quantitative estimate of drug-likeness (QED) is 0.542. The van der Waals surface area contributed by atoms with Crippen molar-refractivity contribution in [3.63, 3.8) is 0 Å². The van der Waals surface area contributed by atoms with Crippen molar-refractivity contribution in [2.75, 3.05) is 6.61 Å². The first-order valence-electron chi connectivity index (χ1n) is 1.23. The number of rotatable bonds is 0. The predicted molar refractivity (Wildman–Crippen MR) is 29.1 cm³/mol. The molecule has 2 nitrogen and oxygen atoms in total. The summed E-state index contributed by atoms with van der Waals surface area (Å²) in [4.78, 5) is 0. The summed E-state index contributed by atoms with van der Waals surface area (Å²) in [6.45, 7) is 1.93. The molecule has 0 saturated heterocycles. The Morgan fingerprint density at radius 3 is 1.67 bits per heavy atom. The zero-order chi connectivity index (χ0) is 4.71. The SMILES string of the molecule is CCO.[InH3].[O]=[Sn]. The van der Waals surface area contributed by atoms with Crippen LogP contribution in [0.4, 0.5) is 0 Å². The Morgan fingerprint density at radius 2 is 1.67 bits per heavy atom. The van der Waals surface area contributed by atoms with Crippen molar-refractivity contribution in [1.29, 1.82) is 0 Å². The zero-order valence-electron chi connectivity index (χ0n) is 3.06. The molecule has 0 saturated carbocycles. The van der Waals surface area contributed by atoms with Gasteiger partial charge >= 0.3 is 51.4 Å². The normalized spacial score (nSPS) is 3.67. The first kappa shape index (κ1) is 15.7. The van der Waals surface area contributed by atoms with Crippen molar-refractivity contribution in [2.45, 2.75) is 6.92 Å². The number of hydrogen-bond donors (Lipinski definition) is 1. The molecule has 0 aliphatic heterocycles. The summed E-state index contributed by atoms with van der Waals surface area (Å²) in [5.74, 6) is 0. The van der Waals surface area contributed by atoms with E-state index in [1.165, 1.54) is 0 Å². The van der Waals surface area contributed by atoms with Crippen molar-refractivity contribution in [1.82, 2.24) is 0 Å². The van der Waals surface area contributed by atoms with Crippen molar-refractivity contribution < 1.29 is 8.18 Å². The molecule has 0 aliphatic rings. The van der Waals surface area contributed by atoms with E-state index < -0.39 is 0 Å². The fraction of sp³-hybridized carbons (Fsp3) is 1.00. The summed E-state index contributed by atoms with van der Waals surface area (Å²) in [5, 5.41) is 7.57. The van der Waals surface area contributed by atoms with E-state index in [1.807, 2.05) is 0 Å². The van der Waals surface area contributed by atoms with Crippen LogP contribution >= 0.6 is 0 Å². The van der Waals surface area contributed by atoms with Gasteiger partial charge in [-0.05, 0) is 6.92 Å². The molecule has 0 bridgehead atoms. The molecular formula is C2H9InO2Sn. The van der Waals surface area contributed by atoms with Gasteiger partial charge in [-0.3, -0.25) is 0 Å². The maximum absolute atomic E-state index is 8.34. The zero-order valence-corrected chi connectivity index (χ0v) is 5.92. The van der Waals surface area contributed by atoms with Crippen LogP contribution in [-0.4, -0.2) is 60.1 Å². The minimum atomic E-state index is 0. The monoisotopic (exact) mass is 300 g/mol.